The van der Waals surface area contributed by atoms with Gasteiger partial charge in [-0.25, -0.2) is 4.79 Å². The molecule has 0 fully saturated rings. The number of benzene rings is 2. The van der Waals surface area contributed by atoms with Gasteiger partial charge in [-0.3, -0.25) is 0 Å². The van der Waals surface area contributed by atoms with Gasteiger partial charge in [-0.05, 0) is 37.4 Å². The van der Waals surface area contributed by atoms with Crippen LogP contribution in [0.2, 0.25) is 0 Å². The van der Waals surface area contributed by atoms with E-state index in [0.717, 1.165) is 16.3 Å². The summed E-state index contributed by atoms with van der Waals surface area (Å²) in [7, 11) is 0. The molecule has 0 radical (unpaired) electrons. The number of fused-ring (bicyclic) bond motifs is 3. The van der Waals surface area contributed by atoms with Gasteiger partial charge in [0.1, 0.15) is 11.3 Å². The number of hydrogen-bond acceptors (Lipinski definition) is 5. The van der Waals surface area contributed by atoms with E-state index >= 15 is 0 Å². The molecule has 1 aromatic heterocycles. The SMILES string of the molecule is Cc1c(O)c(CNCCCO)cc2c1oc(=O)c1ccccc12. The lowest BCUT2D eigenvalue weighted by molar-refractivity contribution is 0.286. The lowest BCUT2D eigenvalue weighted by Crippen LogP contribution is -2.16. The summed E-state index contributed by atoms with van der Waals surface area (Å²) >= 11 is 0. The average molecular weight is 313 g/mol. The van der Waals surface area contributed by atoms with E-state index in [1.54, 1.807) is 19.1 Å². The highest BCUT2D eigenvalue weighted by Crippen LogP contribution is 2.33. The van der Waals surface area contributed by atoms with Crippen LogP contribution in [0, 0.1) is 6.92 Å². The van der Waals surface area contributed by atoms with Crippen LogP contribution in [-0.4, -0.2) is 23.4 Å². The standard InChI is InChI=1S/C18H19NO4/c1-11-16(21)12(10-19-7-4-8-20)9-15-13-5-2-3-6-14(13)18(22)23-17(11)15/h2-3,5-6,9,19-21H,4,7-8,10H2,1H3. The molecule has 3 aromatic rings. The van der Waals surface area contributed by atoms with E-state index in [1.807, 2.05) is 18.2 Å². The van der Waals surface area contributed by atoms with Crippen LogP contribution in [0.25, 0.3) is 21.7 Å². The second-order valence-corrected chi connectivity index (χ2v) is 5.58. The molecule has 0 aliphatic rings. The first-order valence-electron chi connectivity index (χ1n) is 7.62. The zero-order valence-corrected chi connectivity index (χ0v) is 12.9. The van der Waals surface area contributed by atoms with Gasteiger partial charge >= 0.3 is 5.63 Å². The summed E-state index contributed by atoms with van der Waals surface area (Å²) in [6.07, 6.45) is 0.658. The smallest absolute Gasteiger partial charge is 0.344 e. The van der Waals surface area contributed by atoms with Crippen molar-refractivity contribution in [3.05, 3.63) is 51.9 Å². The minimum atomic E-state index is -0.399. The molecular formula is C18H19NO4. The zero-order valence-electron chi connectivity index (χ0n) is 12.9. The number of phenolic OH excluding ortho intramolecular Hbond substituents is 1. The van der Waals surface area contributed by atoms with Crippen molar-refractivity contribution in [2.75, 3.05) is 13.2 Å². The fourth-order valence-corrected chi connectivity index (χ4v) is 2.80. The molecular weight excluding hydrogens is 294 g/mol. The van der Waals surface area contributed by atoms with Crippen molar-refractivity contribution in [3.63, 3.8) is 0 Å². The molecule has 0 aliphatic carbocycles. The molecule has 23 heavy (non-hydrogen) atoms. The number of aliphatic hydroxyl groups is 1. The molecule has 0 aliphatic heterocycles. The molecule has 0 saturated carbocycles. The third-order valence-electron chi connectivity index (χ3n) is 4.02. The van der Waals surface area contributed by atoms with Crippen LogP contribution in [0.3, 0.4) is 0 Å². The van der Waals surface area contributed by atoms with Crippen LogP contribution in [0.15, 0.2) is 39.5 Å². The highest BCUT2D eigenvalue weighted by atomic mass is 16.4. The summed E-state index contributed by atoms with van der Waals surface area (Å²) in [6.45, 7) is 3.02. The molecule has 0 bridgehead atoms. The van der Waals surface area contributed by atoms with Gasteiger partial charge < -0.3 is 19.9 Å². The fraction of sp³-hybridized carbons (Fsp3) is 0.278. The predicted molar refractivity (Wildman–Crippen MR) is 89.8 cm³/mol. The molecule has 5 nitrogen and oxygen atoms in total. The number of aromatic hydroxyl groups is 1. The van der Waals surface area contributed by atoms with E-state index < -0.39 is 5.63 Å². The lowest BCUT2D eigenvalue weighted by atomic mass is 10.0. The van der Waals surface area contributed by atoms with Crippen molar-refractivity contribution >= 4 is 21.7 Å². The van der Waals surface area contributed by atoms with Gasteiger partial charge in [0.2, 0.25) is 0 Å². The number of rotatable bonds is 5. The second-order valence-electron chi connectivity index (χ2n) is 5.58. The highest BCUT2D eigenvalue weighted by molar-refractivity contribution is 6.05. The summed E-state index contributed by atoms with van der Waals surface area (Å²) in [5, 5.41) is 24.5. The quantitative estimate of drug-likeness (QED) is 0.383. The maximum atomic E-state index is 12.1. The Hall–Kier alpha value is -2.37. The molecule has 120 valence electrons. The average Bonchev–Trinajstić information content (AvgIpc) is 2.57. The molecule has 0 spiro atoms. The van der Waals surface area contributed by atoms with Crippen molar-refractivity contribution in [2.45, 2.75) is 19.9 Å². The maximum absolute atomic E-state index is 12.1. The van der Waals surface area contributed by atoms with E-state index in [2.05, 4.69) is 5.32 Å². The fourth-order valence-electron chi connectivity index (χ4n) is 2.80. The van der Waals surface area contributed by atoms with E-state index in [-0.39, 0.29) is 12.4 Å². The molecule has 5 heteroatoms. The normalized spacial score (nSPS) is 11.4. The summed E-state index contributed by atoms with van der Waals surface area (Å²) in [5.41, 5.74) is 1.32. The topological polar surface area (TPSA) is 82.7 Å². The molecule has 2 aromatic carbocycles. The van der Waals surface area contributed by atoms with Crippen LogP contribution in [0.1, 0.15) is 17.5 Å². The number of phenols is 1. The van der Waals surface area contributed by atoms with Crippen LogP contribution in [0.5, 0.6) is 5.75 Å². The van der Waals surface area contributed by atoms with Gasteiger partial charge in [0, 0.05) is 29.7 Å². The van der Waals surface area contributed by atoms with Crippen molar-refractivity contribution in [1.82, 2.24) is 5.32 Å². The van der Waals surface area contributed by atoms with Gasteiger partial charge in [0.05, 0.1) is 5.39 Å². The number of aliphatic hydroxyl groups excluding tert-OH is 1. The third kappa shape index (κ3) is 2.81. The minimum absolute atomic E-state index is 0.130. The Balaban J connectivity index is 2.17. The Morgan fingerprint density at radius 3 is 2.65 bits per heavy atom. The molecule has 3 N–H and O–H groups in total. The largest absolute Gasteiger partial charge is 0.507 e. The Morgan fingerprint density at radius 1 is 1.17 bits per heavy atom. The van der Waals surface area contributed by atoms with Gasteiger partial charge in [-0.2, -0.15) is 0 Å². The first-order chi connectivity index (χ1) is 11.1. The number of hydrogen-bond donors (Lipinski definition) is 3. The van der Waals surface area contributed by atoms with Gasteiger partial charge in [-0.15, -0.1) is 0 Å². The van der Waals surface area contributed by atoms with Gasteiger partial charge in [0.15, 0.2) is 0 Å². The minimum Gasteiger partial charge on any atom is -0.507 e. The maximum Gasteiger partial charge on any atom is 0.344 e. The predicted octanol–water partition coefficient (Wildman–Crippen LogP) is 2.43. The van der Waals surface area contributed by atoms with Crippen molar-refractivity contribution < 1.29 is 14.6 Å². The van der Waals surface area contributed by atoms with E-state index in [0.29, 0.717) is 36.0 Å². The van der Waals surface area contributed by atoms with Crippen molar-refractivity contribution in [2.24, 2.45) is 0 Å². The van der Waals surface area contributed by atoms with Crippen LogP contribution >= 0.6 is 0 Å². The summed E-state index contributed by atoms with van der Waals surface area (Å²) < 4.78 is 5.42. The van der Waals surface area contributed by atoms with Crippen molar-refractivity contribution in [1.29, 1.82) is 0 Å². The van der Waals surface area contributed by atoms with E-state index in [9.17, 15) is 9.90 Å². The van der Waals surface area contributed by atoms with E-state index in [1.165, 1.54) is 0 Å². The summed E-state index contributed by atoms with van der Waals surface area (Å²) in [4.78, 5) is 12.1. The zero-order chi connectivity index (χ0) is 16.4. The third-order valence-corrected chi connectivity index (χ3v) is 4.02. The molecule has 3 rings (SSSR count). The van der Waals surface area contributed by atoms with Crippen LogP contribution in [-0.2, 0) is 6.54 Å². The molecule has 0 atom stereocenters. The van der Waals surface area contributed by atoms with Crippen LogP contribution < -0.4 is 10.9 Å². The first kappa shape index (κ1) is 15.5. The molecule has 0 unspecified atom stereocenters. The van der Waals surface area contributed by atoms with Crippen molar-refractivity contribution in [3.8, 4) is 5.75 Å². The van der Waals surface area contributed by atoms with Gasteiger partial charge in [-0.1, -0.05) is 18.2 Å². The van der Waals surface area contributed by atoms with E-state index in [4.69, 9.17) is 9.52 Å². The Labute approximate surface area is 133 Å². The first-order valence-corrected chi connectivity index (χ1v) is 7.62. The lowest BCUT2D eigenvalue weighted by Gasteiger charge is -2.12. The Kier molecular flexibility index (Phi) is 4.32. The summed E-state index contributed by atoms with van der Waals surface area (Å²) in [6, 6.07) is 9.16. The molecule has 1 heterocycles. The Morgan fingerprint density at radius 2 is 1.91 bits per heavy atom. The number of aryl methyl sites for hydroxylation is 1. The monoisotopic (exact) mass is 313 g/mol. The summed E-state index contributed by atoms with van der Waals surface area (Å²) in [5.74, 6) is 0.132. The second kappa shape index (κ2) is 6.40. The van der Waals surface area contributed by atoms with Gasteiger partial charge in [0.25, 0.3) is 0 Å². The molecule has 0 saturated heterocycles. The highest BCUT2D eigenvalue weighted by Gasteiger charge is 2.15. The number of nitrogens with one attached hydrogen (secondary N) is 1. The van der Waals surface area contributed by atoms with Crippen LogP contribution in [0.4, 0.5) is 0 Å². The molecule has 0 amide bonds. The Bertz CT molecular complexity index is 914.